The van der Waals surface area contributed by atoms with E-state index in [1.807, 2.05) is 13.0 Å². The maximum absolute atomic E-state index is 5.64. The van der Waals surface area contributed by atoms with Crippen molar-refractivity contribution in [3.63, 3.8) is 0 Å². The summed E-state index contributed by atoms with van der Waals surface area (Å²) < 4.78 is 5.64. The Morgan fingerprint density at radius 1 is 1.42 bits per heavy atom. The first-order valence-corrected chi connectivity index (χ1v) is 7.20. The highest BCUT2D eigenvalue weighted by Gasteiger charge is 2.23. The third-order valence-electron chi connectivity index (χ3n) is 3.35. The second-order valence-electron chi connectivity index (χ2n) is 4.93. The molecule has 0 aliphatic carbocycles. The third-order valence-corrected chi connectivity index (χ3v) is 3.35. The van der Waals surface area contributed by atoms with Crippen molar-refractivity contribution >= 4 is 5.95 Å². The molecule has 1 aromatic rings. The molecular weight excluding hydrogens is 240 g/mol. The Bertz CT molecular complexity index is 404. The van der Waals surface area contributed by atoms with Gasteiger partial charge in [-0.15, -0.1) is 0 Å². The molecule has 1 atom stereocenters. The summed E-state index contributed by atoms with van der Waals surface area (Å²) in [6.45, 7) is 9.94. The van der Waals surface area contributed by atoms with Crippen LogP contribution < -0.4 is 15.0 Å². The molecule has 1 unspecified atom stereocenters. The summed E-state index contributed by atoms with van der Waals surface area (Å²) >= 11 is 0. The molecule has 1 fully saturated rings. The lowest BCUT2D eigenvalue weighted by Gasteiger charge is -2.27. The Morgan fingerprint density at radius 2 is 2.26 bits per heavy atom. The van der Waals surface area contributed by atoms with Crippen LogP contribution in [0.5, 0.6) is 5.88 Å². The number of hydrogen-bond acceptors (Lipinski definition) is 5. The first-order valence-electron chi connectivity index (χ1n) is 7.20. The van der Waals surface area contributed by atoms with Crippen LogP contribution >= 0.6 is 0 Å². The number of aromatic nitrogens is 2. The Kier molecular flexibility index (Phi) is 4.96. The van der Waals surface area contributed by atoms with Gasteiger partial charge in [0, 0.05) is 30.9 Å². The smallest absolute Gasteiger partial charge is 0.229 e. The topological polar surface area (TPSA) is 50.3 Å². The maximum atomic E-state index is 5.64. The van der Waals surface area contributed by atoms with E-state index in [0.717, 1.165) is 44.1 Å². The highest BCUT2D eigenvalue weighted by atomic mass is 16.5. The fraction of sp³-hybridized carbons (Fsp3) is 0.714. The average Bonchev–Trinajstić information content (AvgIpc) is 2.90. The predicted molar refractivity (Wildman–Crippen MR) is 76.8 cm³/mol. The zero-order chi connectivity index (χ0) is 13.7. The first-order chi connectivity index (χ1) is 9.24. The molecular formula is C14H24N4O. The van der Waals surface area contributed by atoms with Crippen LogP contribution in [0.1, 0.15) is 32.4 Å². The van der Waals surface area contributed by atoms with Gasteiger partial charge in [0.05, 0.1) is 6.61 Å². The molecule has 1 saturated heterocycles. The van der Waals surface area contributed by atoms with Crippen molar-refractivity contribution in [2.24, 2.45) is 0 Å². The molecule has 5 heteroatoms. The maximum Gasteiger partial charge on any atom is 0.229 e. The van der Waals surface area contributed by atoms with Gasteiger partial charge in [-0.2, -0.15) is 4.98 Å². The first kappa shape index (κ1) is 14.1. The number of rotatable bonds is 6. The molecule has 106 valence electrons. The van der Waals surface area contributed by atoms with Crippen LogP contribution in [0.15, 0.2) is 6.07 Å². The van der Waals surface area contributed by atoms with Gasteiger partial charge in [0.2, 0.25) is 11.8 Å². The van der Waals surface area contributed by atoms with E-state index in [4.69, 9.17) is 4.74 Å². The molecule has 19 heavy (non-hydrogen) atoms. The van der Waals surface area contributed by atoms with Crippen LogP contribution in [0.25, 0.3) is 0 Å². The molecule has 1 aliphatic rings. The third kappa shape index (κ3) is 3.56. The van der Waals surface area contributed by atoms with Crippen molar-refractivity contribution in [2.75, 3.05) is 31.1 Å². The minimum Gasteiger partial charge on any atom is -0.478 e. The summed E-state index contributed by atoms with van der Waals surface area (Å²) in [6.07, 6.45) is 2.14. The summed E-state index contributed by atoms with van der Waals surface area (Å²) in [5.41, 5.74) is 0.959. The lowest BCUT2D eigenvalue weighted by Crippen LogP contribution is -2.38. The van der Waals surface area contributed by atoms with Crippen molar-refractivity contribution < 1.29 is 4.74 Å². The van der Waals surface area contributed by atoms with Gasteiger partial charge in [-0.1, -0.05) is 6.92 Å². The average molecular weight is 264 g/mol. The van der Waals surface area contributed by atoms with E-state index in [2.05, 4.69) is 34.0 Å². The van der Waals surface area contributed by atoms with Gasteiger partial charge in [0.1, 0.15) is 0 Å². The van der Waals surface area contributed by atoms with Crippen LogP contribution in [-0.2, 0) is 0 Å². The fourth-order valence-electron chi connectivity index (χ4n) is 2.40. The summed E-state index contributed by atoms with van der Waals surface area (Å²) in [5, 5.41) is 3.39. The predicted octanol–water partition coefficient (Wildman–Crippen LogP) is 1.76. The normalized spacial score (nSPS) is 18.6. The van der Waals surface area contributed by atoms with Gasteiger partial charge in [0.15, 0.2) is 0 Å². The summed E-state index contributed by atoms with van der Waals surface area (Å²) in [6, 6.07) is 2.39. The highest BCUT2D eigenvalue weighted by Crippen LogP contribution is 2.19. The zero-order valence-electron chi connectivity index (χ0n) is 12.1. The molecule has 1 aliphatic heterocycles. The van der Waals surface area contributed by atoms with Crippen molar-refractivity contribution in [1.29, 1.82) is 0 Å². The van der Waals surface area contributed by atoms with E-state index in [0.29, 0.717) is 18.5 Å². The van der Waals surface area contributed by atoms with Gasteiger partial charge in [-0.25, -0.2) is 4.98 Å². The summed E-state index contributed by atoms with van der Waals surface area (Å²) in [5.74, 6) is 1.48. The Morgan fingerprint density at radius 3 is 2.89 bits per heavy atom. The van der Waals surface area contributed by atoms with Crippen molar-refractivity contribution in [3.8, 4) is 5.88 Å². The molecule has 1 aromatic heterocycles. The standard InChI is InChI=1S/C14H24N4O/c1-4-8-19-13-9-11(3)16-14(17-13)18(5-2)12-6-7-15-10-12/h9,12,15H,4-8,10H2,1-3H3. The van der Waals surface area contributed by atoms with Crippen LogP contribution in [0.3, 0.4) is 0 Å². The number of aryl methyl sites for hydroxylation is 1. The number of ether oxygens (including phenoxy) is 1. The molecule has 0 radical (unpaired) electrons. The minimum atomic E-state index is 0.492. The van der Waals surface area contributed by atoms with Crippen LogP contribution in [0.4, 0.5) is 5.95 Å². The number of hydrogen-bond donors (Lipinski definition) is 1. The lowest BCUT2D eigenvalue weighted by molar-refractivity contribution is 0.304. The van der Waals surface area contributed by atoms with E-state index in [9.17, 15) is 0 Å². The van der Waals surface area contributed by atoms with Gasteiger partial charge in [-0.05, 0) is 33.2 Å². The van der Waals surface area contributed by atoms with Crippen LogP contribution in [-0.4, -0.2) is 42.3 Å². The number of nitrogens with one attached hydrogen (secondary N) is 1. The molecule has 2 heterocycles. The Balaban J connectivity index is 2.18. The zero-order valence-corrected chi connectivity index (χ0v) is 12.1. The largest absolute Gasteiger partial charge is 0.478 e. The van der Waals surface area contributed by atoms with E-state index in [-0.39, 0.29) is 0 Å². The van der Waals surface area contributed by atoms with Gasteiger partial charge >= 0.3 is 0 Å². The minimum absolute atomic E-state index is 0.492. The van der Waals surface area contributed by atoms with Crippen molar-refractivity contribution in [1.82, 2.24) is 15.3 Å². The molecule has 5 nitrogen and oxygen atoms in total. The SMILES string of the molecule is CCCOc1cc(C)nc(N(CC)C2CCNC2)n1. The van der Waals surface area contributed by atoms with E-state index >= 15 is 0 Å². The molecule has 2 rings (SSSR count). The quantitative estimate of drug-likeness (QED) is 0.848. The van der Waals surface area contributed by atoms with E-state index in [1.165, 1.54) is 0 Å². The van der Waals surface area contributed by atoms with Crippen LogP contribution in [0, 0.1) is 6.92 Å². The second kappa shape index (κ2) is 6.70. The van der Waals surface area contributed by atoms with Gasteiger partial charge in [-0.3, -0.25) is 0 Å². The second-order valence-corrected chi connectivity index (χ2v) is 4.93. The van der Waals surface area contributed by atoms with Gasteiger partial charge < -0.3 is 15.0 Å². The number of anilines is 1. The molecule has 0 spiro atoms. The van der Waals surface area contributed by atoms with E-state index < -0.39 is 0 Å². The van der Waals surface area contributed by atoms with Crippen LogP contribution in [0.2, 0.25) is 0 Å². The monoisotopic (exact) mass is 264 g/mol. The molecule has 0 bridgehead atoms. The molecule has 0 saturated carbocycles. The van der Waals surface area contributed by atoms with Gasteiger partial charge in [0.25, 0.3) is 0 Å². The highest BCUT2D eigenvalue weighted by molar-refractivity contribution is 5.36. The fourth-order valence-corrected chi connectivity index (χ4v) is 2.40. The van der Waals surface area contributed by atoms with Crippen molar-refractivity contribution in [3.05, 3.63) is 11.8 Å². The molecule has 0 amide bonds. The van der Waals surface area contributed by atoms with Crippen molar-refractivity contribution in [2.45, 2.75) is 39.7 Å². The summed E-state index contributed by atoms with van der Waals surface area (Å²) in [4.78, 5) is 11.4. The number of likely N-dealkylation sites (N-methyl/N-ethyl adjacent to an activating group) is 1. The Labute approximate surface area is 115 Å². The lowest BCUT2D eigenvalue weighted by atomic mass is 10.2. The van der Waals surface area contributed by atoms with E-state index in [1.54, 1.807) is 0 Å². The summed E-state index contributed by atoms with van der Waals surface area (Å²) in [7, 11) is 0. The molecule has 1 N–H and O–H groups in total. The molecule has 0 aromatic carbocycles. The number of nitrogens with zero attached hydrogens (tertiary/aromatic N) is 3. The Hall–Kier alpha value is -1.36.